The number of aromatic nitrogens is 1. The van der Waals surface area contributed by atoms with E-state index in [0.717, 1.165) is 38.2 Å². The lowest BCUT2D eigenvalue weighted by Gasteiger charge is -2.42. The van der Waals surface area contributed by atoms with Gasteiger partial charge >= 0.3 is 0 Å². The summed E-state index contributed by atoms with van der Waals surface area (Å²) in [4.78, 5) is 19.0. The molecule has 0 unspecified atom stereocenters. The molecule has 1 N–H and O–H groups in total. The van der Waals surface area contributed by atoms with Gasteiger partial charge in [-0.15, -0.1) is 0 Å². The molecular formula is C24H28F3N3O2. The summed E-state index contributed by atoms with van der Waals surface area (Å²) < 4.78 is 46.8. The van der Waals surface area contributed by atoms with Gasteiger partial charge in [0, 0.05) is 36.9 Å². The molecule has 2 aromatic rings. The van der Waals surface area contributed by atoms with E-state index in [1.165, 1.54) is 18.2 Å². The molecule has 8 heteroatoms. The van der Waals surface area contributed by atoms with Gasteiger partial charge in [-0.3, -0.25) is 4.79 Å². The normalized spacial score (nSPS) is 23.1. The van der Waals surface area contributed by atoms with Crippen LogP contribution in [0.2, 0.25) is 0 Å². The van der Waals surface area contributed by atoms with Crippen molar-refractivity contribution in [1.29, 1.82) is 0 Å². The van der Waals surface area contributed by atoms with Crippen LogP contribution in [0.15, 0.2) is 36.5 Å². The van der Waals surface area contributed by atoms with Crippen molar-refractivity contribution >= 4 is 5.91 Å². The number of amides is 1. The first kappa shape index (κ1) is 22.6. The molecular weight excluding hydrogens is 419 g/mol. The van der Waals surface area contributed by atoms with Gasteiger partial charge in [0.1, 0.15) is 11.9 Å². The smallest absolute Gasteiger partial charge is 0.225 e. The summed E-state index contributed by atoms with van der Waals surface area (Å²) in [5.41, 5.74) is 0.638. The fourth-order valence-corrected chi connectivity index (χ4v) is 4.86. The van der Waals surface area contributed by atoms with Crippen molar-refractivity contribution in [2.45, 2.75) is 38.2 Å². The van der Waals surface area contributed by atoms with Gasteiger partial charge in [-0.25, -0.2) is 18.2 Å². The summed E-state index contributed by atoms with van der Waals surface area (Å²) in [6.45, 7) is 4.55. The van der Waals surface area contributed by atoms with Crippen LogP contribution in [0.25, 0.3) is 0 Å². The molecule has 2 aliphatic rings. The first-order valence-electron chi connectivity index (χ1n) is 11.1. The highest BCUT2D eigenvalue weighted by atomic mass is 19.2. The van der Waals surface area contributed by atoms with Crippen molar-refractivity contribution in [2.24, 2.45) is 11.8 Å². The first-order valence-corrected chi connectivity index (χ1v) is 11.1. The lowest BCUT2D eigenvalue weighted by Crippen LogP contribution is -2.49. The van der Waals surface area contributed by atoms with Crippen LogP contribution in [0.4, 0.5) is 13.2 Å². The Morgan fingerprint density at radius 1 is 1.12 bits per heavy atom. The second kappa shape index (κ2) is 9.90. The topological polar surface area (TPSA) is 54.5 Å². The first-order chi connectivity index (χ1) is 15.4. The van der Waals surface area contributed by atoms with Crippen LogP contribution in [0.3, 0.4) is 0 Å². The predicted molar refractivity (Wildman–Crippen MR) is 114 cm³/mol. The minimum absolute atomic E-state index is 0.00417. The van der Waals surface area contributed by atoms with E-state index in [1.807, 2.05) is 11.8 Å². The Morgan fingerprint density at radius 2 is 1.91 bits per heavy atom. The van der Waals surface area contributed by atoms with Crippen LogP contribution >= 0.6 is 0 Å². The van der Waals surface area contributed by atoms with Gasteiger partial charge in [0.15, 0.2) is 11.6 Å². The number of rotatable bonds is 5. The number of carbonyl (C=O) groups excluding carboxylic acids is 1. The van der Waals surface area contributed by atoms with Crippen molar-refractivity contribution in [3.05, 3.63) is 59.5 Å². The van der Waals surface area contributed by atoms with E-state index in [0.29, 0.717) is 31.0 Å². The van der Waals surface area contributed by atoms with E-state index in [1.54, 1.807) is 6.07 Å². The van der Waals surface area contributed by atoms with Crippen LogP contribution < -0.4 is 10.1 Å². The molecule has 32 heavy (non-hydrogen) atoms. The minimum atomic E-state index is -0.906. The van der Waals surface area contributed by atoms with E-state index in [-0.39, 0.29) is 29.8 Å². The molecule has 5 nitrogen and oxygen atoms in total. The van der Waals surface area contributed by atoms with Gasteiger partial charge in [-0.05, 0) is 63.0 Å². The van der Waals surface area contributed by atoms with Crippen molar-refractivity contribution in [3.63, 3.8) is 0 Å². The third-order valence-corrected chi connectivity index (χ3v) is 6.65. The molecule has 1 aromatic carbocycles. The summed E-state index contributed by atoms with van der Waals surface area (Å²) in [6, 6.07) is 6.67. The highest BCUT2D eigenvalue weighted by Gasteiger charge is 2.38. The highest BCUT2D eigenvalue weighted by molar-refractivity contribution is 5.79. The quantitative estimate of drug-likeness (QED) is 0.756. The number of nitrogens with one attached hydrogen (secondary N) is 1. The molecule has 0 aliphatic carbocycles. The lowest BCUT2D eigenvalue weighted by molar-refractivity contribution is -0.138. The summed E-state index contributed by atoms with van der Waals surface area (Å²) in [5.74, 6) is -2.10. The standard InChI is InChI=1S/C24H28F3N3O2/c1-15(32-23-5-3-18(25)13-29-23)19-8-11-30(24(31)16-6-9-28-10-7-16)14-20(19)17-2-4-21(26)22(27)12-17/h2-5,12-13,15-16,19-20,28H,6-11,14H2,1H3/t15-,19+,20+/m0/s1. The third-order valence-electron chi connectivity index (χ3n) is 6.65. The minimum Gasteiger partial charge on any atom is -0.474 e. The van der Waals surface area contributed by atoms with Crippen molar-refractivity contribution in [3.8, 4) is 5.88 Å². The van der Waals surface area contributed by atoms with Crippen LogP contribution in [0.1, 0.15) is 37.7 Å². The lowest BCUT2D eigenvalue weighted by atomic mass is 9.77. The Bertz CT molecular complexity index is 935. The molecule has 2 saturated heterocycles. The second-order valence-electron chi connectivity index (χ2n) is 8.68. The molecule has 0 spiro atoms. The number of hydrogen-bond donors (Lipinski definition) is 1. The molecule has 1 aromatic heterocycles. The molecule has 3 atom stereocenters. The number of ether oxygens (including phenoxy) is 1. The maximum Gasteiger partial charge on any atom is 0.225 e. The monoisotopic (exact) mass is 447 g/mol. The SMILES string of the molecule is C[C@H](Oc1ccc(F)cn1)[C@H]1CCN(C(=O)C2CCNCC2)C[C@@H]1c1ccc(F)c(F)c1. The van der Waals surface area contributed by atoms with E-state index in [9.17, 15) is 18.0 Å². The molecule has 0 bridgehead atoms. The average Bonchev–Trinajstić information content (AvgIpc) is 2.82. The number of halogens is 3. The zero-order chi connectivity index (χ0) is 22.7. The van der Waals surface area contributed by atoms with Crippen LogP contribution in [-0.2, 0) is 4.79 Å². The number of benzene rings is 1. The van der Waals surface area contributed by atoms with Gasteiger partial charge in [-0.1, -0.05) is 6.07 Å². The Morgan fingerprint density at radius 3 is 2.59 bits per heavy atom. The molecule has 2 aliphatic heterocycles. The van der Waals surface area contributed by atoms with Gasteiger partial charge in [0.25, 0.3) is 0 Å². The number of piperidine rings is 2. The third kappa shape index (κ3) is 5.06. The van der Waals surface area contributed by atoms with Crippen molar-refractivity contribution in [1.82, 2.24) is 15.2 Å². The fourth-order valence-electron chi connectivity index (χ4n) is 4.86. The Balaban J connectivity index is 1.55. The molecule has 4 rings (SSSR count). The number of carbonyl (C=O) groups is 1. The molecule has 0 saturated carbocycles. The van der Waals surface area contributed by atoms with Crippen LogP contribution in [0.5, 0.6) is 5.88 Å². The van der Waals surface area contributed by atoms with Crippen LogP contribution in [-0.4, -0.2) is 48.1 Å². The molecule has 0 radical (unpaired) electrons. The zero-order valence-electron chi connectivity index (χ0n) is 18.1. The van der Waals surface area contributed by atoms with E-state index < -0.39 is 17.5 Å². The summed E-state index contributed by atoms with van der Waals surface area (Å²) in [7, 11) is 0. The molecule has 1 amide bonds. The number of likely N-dealkylation sites (tertiary alicyclic amines) is 1. The van der Waals surface area contributed by atoms with Crippen molar-refractivity contribution in [2.75, 3.05) is 26.2 Å². The highest BCUT2D eigenvalue weighted by Crippen LogP contribution is 2.37. The maximum absolute atomic E-state index is 14.1. The zero-order valence-corrected chi connectivity index (χ0v) is 18.1. The summed E-state index contributed by atoms with van der Waals surface area (Å²) in [6.07, 6.45) is 3.05. The summed E-state index contributed by atoms with van der Waals surface area (Å²) in [5, 5.41) is 3.27. The van der Waals surface area contributed by atoms with Gasteiger partial charge < -0.3 is 15.0 Å². The Kier molecular flexibility index (Phi) is 6.98. The van der Waals surface area contributed by atoms with E-state index in [2.05, 4.69) is 10.3 Å². The fraction of sp³-hybridized carbons (Fsp3) is 0.500. The Hall–Kier alpha value is -2.61. The molecule has 3 heterocycles. The van der Waals surface area contributed by atoms with Gasteiger partial charge in [0.2, 0.25) is 11.8 Å². The number of pyridine rings is 1. The van der Waals surface area contributed by atoms with Crippen molar-refractivity contribution < 1.29 is 22.7 Å². The number of hydrogen-bond acceptors (Lipinski definition) is 4. The van der Waals surface area contributed by atoms with Gasteiger partial charge in [-0.2, -0.15) is 0 Å². The molecule has 172 valence electrons. The maximum atomic E-state index is 14.1. The van der Waals surface area contributed by atoms with Gasteiger partial charge in [0.05, 0.1) is 6.20 Å². The predicted octanol–water partition coefficient (Wildman–Crippen LogP) is 3.90. The molecule has 2 fully saturated rings. The van der Waals surface area contributed by atoms with Crippen LogP contribution in [0, 0.1) is 29.3 Å². The second-order valence-corrected chi connectivity index (χ2v) is 8.68. The van der Waals surface area contributed by atoms with E-state index in [4.69, 9.17) is 4.74 Å². The Labute approximate surface area is 186 Å². The number of nitrogens with zero attached hydrogens (tertiary/aromatic N) is 2. The largest absolute Gasteiger partial charge is 0.474 e. The summed E-state index contributed by atoms with van der Waals surface area (Å²) >= 11 is 0. The van der Waals surface area contributed by atoms with E-state index >= 15 is 0 Å². The average molecular weight is 448 g/mol.